The molecule has 1 fully saturated rings. The highest BCUT2D eigenvalue weighted by atomic mass is 19.1. The van der Waals surface area contributed by atoms with E-state index in [9.17, 15) is 9.18 Å². The number of methoxy groups -OCH3 is 2. The SMILES string of the molecule is COc1cc(NC(=O)C2CCN(c3ccnc(-c4ccc(F)cc4)n3)CC2)cc(OC)c1. The molecule has 1 amide bonds. The van der Waals surface area contributed by atoms with Gasteiger partial charge in [-0.15, -0.1) is 0 Å². The minimum atomic E-state index is -0.294. The molecule has 0 aliphatic carbocycles. The summed E-state index contributed by atoms with van der Waals surface area (Å²) < 4.78 is 23.7. The van der Waals surface area contributed by atoms with E-state index in [-0.39, 0.29) is 17.6 Å². The Labute approximate surface area is 186 Å². The van der Waals surface area contributed by atoms with Gasteiger partial charge in [0.2, 0.25) is 5.91 Å². The van der Waals surface area contributed by atoms with Gasteiger partial charge in [0, 0.05) is 54.7 Å². The summed E-state index contributed by atoms with van der Waals surface area (Å²) >= 11 is 0. The van der Waals surface area contributed by atoms with Gasteiger partial charge in [0.25, 0.3) is 0 Å². The molecule has 2 aromatic carbocycles. The third kappa shape index (κ3) is 4.96. The van der Waals surface area contributed by atoms with Gasteiger partial charge < -0.3 is 19.7 Å². The third-order valence-corrected chi connectivity index (χ3v) is 5.55. The number of amides is 1. The molecule has 1 saturated heterocycles. The maximum absolute atomic E-state index is 13.2. The van der Waals surface area contributed by atoms with Gasteiger partial charge in [-0.25, -0.2) is 14.4 Å². The second kappa shape index (κ2) is 9.64. The van der Waals surface area contributed by atoms with Crippen LogP contribution in [0.3, 0.4) is 0 Å². The van der Waals surface area contributed by atoms with E-state index in [1.807, 2.05) is 6.07 Å². The van der Waals surface area contributed by atoms with Crippen molar-refractivity contribution in [1.82, 2.24) is 9.97 Å². The molecule has 0 radical (unpaired) electrons. The molecule has 0 unspecified atom stereocenters. The molecule has 1 aliphatic heterocycles. The molecule has 0 saturated carbocycles. The fourth-order valence-electron chi connectivity index (χ4n) is 3.76. The molecule has 1 aliphatic rings. The number of piperidine rings is 1. The number of nitrogens with zero attached hydrogens (tertiary/aromatic N) is 3. The van der Waals surface area contributed by atoms with Crippen LogP contribution in [0.5, 0.6) is 11.5 Å². The van der Waals surface area contributed by atoms with Gasteiger partial charge in [-0.1, -0.05) is 0 Å². The quantitative estimate of drug-likeness (QED) is 0.626. The van der Waals surface area contributed by atoms with Gasteiger partial charge in [-0.3, -0.25) is 4.79 Å². The lowest BCUT2D eigenvalue weighted by molar-refractivity contribution is -0.120. The fraction of sp³-hybridized carbons (Fsp3) is 0.292. The lowest BCUT2D eigenvalue weighted by atomic mass is 9.95. The first kappa shape index (κ1) is 21.5. The number of rotatable bonds is 6. The van der Waals surface area contributed by atoms with E-state index in [0.29, 0.717) is 48.9 Å². The number of carbonyl (C=O) groups excluding carboxylic acids is 1. The van der Waals surface area contributed by atoms with E-state index >= 15 is 0 Å². The fourth-order valence-corrected chi connectivity index (χ4v) is 3.76. The third-order valence-electron chi connectivity index (χ3n) is 5.55. The van der Waals surface area contributed by atoms with E-state index in [4.69, 9.17) is 9.47 Å². The number of benzene rings is 2. The number of hydrogen-bond donors (Lipinski definition) is 1. The number of nitrogens with one attached hydrogen (secondary N) is 1. The second-order valence-electron chi connectivity index (χ2n) is 7.60. The Morgan fingerprint density at radius 1 is 1.03 bits per heavy atom. The first-order chi connectivity index (χ1) is 15.6. The van der Waals surface area contributed by atoms with E-state index in [0.717, 1.165) is 11.4 Å². The predicted octanol–water partition coefficient (Wildman–Crippen LogP) is 4.16. The molecule has 1 N–H and O–H groups in total. The lowest BCUT2D eigenvalue weighted by Gasteiger charge is -2.32. The van der Waals surface area contributed by atoms with Crippen molar-refractivity contribution in [2.75, 3.05) is 37.5 Å². The smallest absolute Gasteiger partial charge is 0.227 e. The number of ether oxygens (including phenoxy) is 2. The minimum Gasteiger partial charge on any atom is -0.497 e. The van der Waals surface area contributed by atoms with Crippen molar-refractivity contribution in [2.45, 2.75) is 12.8 Å². The Balaban J connectivity index is 1.38. The highest BCUT2D eigenvalue weighted by Gasteiger charge is 2.26. The van der Waals surface area contributed by atoms with Gasteiger partial charge in [0.15, 0.2) is 5.82 Å². The summed E-state index contributed by atoms with van der Waals surface area (Å²) in [5.74, 6) is 2.18. The van der Waals surface area contributed by atoms with Crippen molar-refractivity contribution in [3.05, 3.63) is 60.5 Å². The second-order valence-corrected chi connectivity index (χ2v) is 7.60. The summed E-state index contributed by atoms with van der Waals surface area (Å²) in [7, 11) is 3.15. The van der Waals surface area contributed by atoms with Crippen LogP contribution < -0.4 is 19.7 Å². The summed E-state index contributed by atoms with van der Waals surface area (Å²) in [4.78, 5) is 23.9. The van der Waals surface area contributed by atoms with Crippen LogP contribution in [0, 0.1) is 11.7 Å². The number of hydrogen-bond acceptors (Lipinski definition) is 6. The average Bonchev–Trinajstić information content (AvgIpc) is 2.84. The van der Waals surface area contributed by atoms with Gasteiger partial charge >= 0.3 is 0 Å². The molecule has 7 nitrogen and oxygen atoms in total. The Bertz CT molecular complexity index is 1060. The van der Waals surface area contributed by atoms with Crippen molar-refractivity contribution >= 4 is 17.4 Å². The first-order valence-corrected chi connectivity index (χ1v) is 10.4. The highest BCUT2D eigenvalue weighted by Crippen LogP contribution is 2.28. The van der Waals surface area contributed by atoms with Crippen LogP contribution in [-0.4, -0.2) is 43.2 Å². The van der Waals surface area contributed by atoms with Crippen molar-refractivity contribution in [3.8, 4) is 22.9 Å². The molecule has 3 aromatic rings. The van der Waals surface area contributed by atoms with E-state index in [1.165, 1.54) is 12.1 Å². The molecule has 1 aromatic heterocycles. The molecule has 0 spiro atoms. The van der Waals surface area contributed by atoms with Crippen LogP contribution in [0.4, 0.5) is 15.9 Å². The van der Waals surface area contributed by atoms with Crippen LogP contribution in [0.2, 0.25) is 0 Å². The number of halogens is 1. The summed E-state index contributed by atoms with van der Waals surface area (Å²) in [6.07, 6.45) is 3.13. The number of carbonyl (C=O) groups is 1. The Morgan fingerprint density at radius 2 is 1.69 bits per heavy atom. The highest BCUT2D eigenvalue weighted by molar-refractivity contribution is 5.93. The molecule has 8 heteroatoms. The Kier molecular flexibility index (Phi) is 6.49. The number of anilines is 2. The van der Waals surface area contributed by atoms with E-state index in [1.54, 1.807) is 50.7 Å². The zero-order valence-corrected chi connectivity index (χ0v) is 18.0. The van der Waals surface area contributed by atoms with Crippen LogP contribution in [0.25, 0.3) is 11.4 Å². The number of aromatic nitrogens is 2. The standard InChI is InChI=1S/C24H25FN4O3/c1-31-20-13-19(14-21(15-20)32-2)27-24(30)17-8-11-29(12-9-17)22-7-10-26-23(28-22)16-3-5-18(25)6-4-16/h3-7,10,13-15,17H,8-9,11-12H2,1-2H3,(H,27,30). The normalized spacial score (nSPS) is 14.2. The van der Waals surface area contributed by atoms with Gasteiger partial charge in [-0.05, 0) is 43.2 Å². The summed E-state index contributed by atoms with van der Waals surface area (Å²) in [5.41, 5.74) is 1.41. The summed E-state index contributed by atoms with van der Waals surface area (Å²) in [5, 5.41) is 2.98. The van der Waals surface area contributed by atoms with Crippen molar-refractivity contribution in [1.29, 1.82) is 0 Å². The van der Waals surface area contributed by atoms with Crippen molar-refractivity contribution in [2.24, 2.45) is 5.92 Å². The maximum atomic E-state index is 13.2. The molecule has 0 atom stereocenters. The molecule has 32 heavy (non-hydrogen) atoms. The first-order valence-electron chi connectivity index (χ1n) is 10.4. The largest absolute Gasteiger partial charge is 0.497 e. The molecule has 166 valence electrons. The lowest BCUT2D eigenvalue weighted by Crippen LogP contribution is -2.38. The molecule has 4 rings (SSSR count). The molecular weight excluding hydrogens is 411 g/mol. The zero-order chi connectivity index (χ0) is 22.5. The summed E-state index contributed by atoms with van der Waals surface area (Å²) in [6, 6.07) is 13.3. The predicted molar refractivity (Wildman–Crippen MR) is 121 cm³/mol. The molecule has 0 bridgehead atoms. The minimum absolute atomic E-state index is 0.0188. The average molecular weight is 436 g/mol. The molecular formula is C24H25FN4O3. The topological polar surface area (TPSA) is 76.6 Å². The Hall–Kier alpha value is -3.68. The maximum Gasteiger partial charge on any atom is 0.227 e. The van der Waals surface area contributed by atoms with Crippen molar-refractivity contribution < 1.29 is 18.7 Å². The summed E-state index contributed by atoms with van der Waals surface area (Å²) in [6.45, 7) is 1.42. The van der Waals surface area contributed by atoms with Gasteiger partial charge in [0.1, 0.15) is 23.1 Å². The monoisotopic (exact) mass is 436 g/mol. The van der Waals surface area contributed by atoms with Crippen LogP contribution in [0.15, 0.2) is 54.7 Å². The van der Waals surface area contributed by atoms with Gasteiger partial charge in [0.05, 0.1) is 14.2 Å². The van der Waals surface area contributed by atoms with Crippen LogP contribution in [0.1, 0.15) is 12.8 Å². The molecule has 2 heterocycles. The van der Waals surface area contributed by atoms with Crippen LogP contribution in [-0.2, 0) is 4.79 Å². The zero-order valence-electron chi connectivity index (χ0n) is 18.0. The Morgan fingerprint density at radius 3 is 2.31 bits per heavy atom. The van der Waals surface area contributed by atoms with E-state index in [2.05, 4.69) is 20.2 Å². The van der Waals surface area contributed by atoms with Crippen LogP contribution >= 0.6 is 0 Å². The van der Waals surface area contributed by atoms with Crippen molar-refractivity contribution in [3.63, 3.8) is 0 Å². The van der Waals surface area contributed by atoms with Gasteiger partial charge in [-0.2, -0.15) is 0 Å². The van der Waals surface area contributed by atoms with E-state index < -0.39 is 0 Å².